The van der Waals surface area contributed by atoms with Crippen molar-refractivity contribution in [1.82, 2.24) is 5.32 Å². The zero-order valence-electron chi connectivity index (χ0n) is 24.9. The molecule has 2 aliphatic heterocycles. The Morgan fingerprint density at radius 2 is 1.62 bits per heavy atom. The minimum Gasteiger partial charge on any atom is -0.467 e. The predicted octanol–water partition coefficient (Wildman–Crippen LogP) is 0.296. The number of anilines is 1. The van der Waals surface area contributed by atoms with Gasteiger partial charge in [-0.2, -0.15) is 0 Å². The summed E-state index contributed by atoms with van der Waals surface area (Å²) < 4.78 is 32.9. The van der Waals surface area contributed by atoms with Crippen molar-refractivity contribution in [3.63, 3.8) is 0 Å². The lowest BCUT2D eigenvalue weighted by molar-refractivity contribution is -0.393. The zero-order chi connectivity index (χ0) is 33.6. The maximum absolute atomic E-state index is 12.8. The summed E-state index contributed by atoms with van der Waals surface area (Å²) >= 11 is 0. The Labute approximate surface area is 255 Å². The minimum absolute atomic E-state index is 0.129. The zero-order valence-corrected chi connectivity index (χ0v) is 24.9. The van der Waals surface area contributed by atoms with Crippen LogP contribution in [0.2, 0.25) is 0 Å². The number of methoxy groups -OCH3 is 1. The van der Waals surface area contributed by atoms with Crippen molar-refractivity contribution in [2.75, 3.05) is 25.2 Å². The first-order valence-corrected chi connectivity index (χ1v) is 13.5. The van der Waals surface area contributed by atoms with Crippen LogP contribution >= 0.6 is 0 Å². The molecule has 2 aliphatic rings. The molecule has 1 amide bonds. The van der Waals surface area contributed by atoms with Crippen LogP contribution in [0.1, 0.15) is 34.1 Å². The van der Waals surface area contributed by atoms with E-state index < -0.39 is 100 Å². The maximum Gasteiger partial charge on any atom is 0.328 e. The van der Waals surface area contributed by atoms with Crippen molar-refractivity contribution in [3.05, 3.63) is 38.4 Å². The van der Waals surface area contributed by atoms with Gasteiger partial charge >= 0.3 is 23.9 Å². The molecule has 0 saturated carbocycles. The summed E-state index contributed by atoms with van der Waals surface area (Å²) in [4.78, 5) is 83.4. The molecule has 2 saturated heterocycles. The number of nitrogens with zero attached hydrogens (tertiary/aromatic N) is 3. The summed E-state index contributed by atoms with van der Waals surface area (Å²) in [7, 11) is 1.11. The minimum atomic E-state index is -1.47. The van der Waals surface area contributed by atoms with Gasteiger partial charge in [0, 0.05) is 46.7 Å². The number of ether oxygens (including phenoxy) is 6. The molecule has 1 aromatic carbocycles. The van der Waals surface area contributed by atoms with Crippen molar-refractivity contribution in [2.24, 2.45) is 0 Å². The van der Waals surface area contributed by atoms with E-state index in [1.807, 2.05) is 0 Å². The Bertz CT molecular complexity index is 1350. The van der Waals surface area contributed by atoms with Crippen LogP contribution in [0, 0.1) is 20.2 Å². The number of nitrogens with one attached hydrogen (secondary N) is 1. The molecule has 45 heavy (non-hydrogen) atoms. The van der Waals surface area contributed by atoms with Crippen molar-refractivity contribution in [1.29, 1.82) is 0 Å². The van der Waals surface area contributed by atoms with Crippen LogP contribution in [0.5, 0.6) is 0 Å². The first-order valence-electron chi connectivity index (χ1n) is 13.5. The molecule has 1 aromatic rings. The predicted molar refractivity (Wildman–Crippen MR) is 146 cm³/mol. The Balaban J connectivity index is 2.02. The fourth-order valence-corrected chi connectivity index (χ4v) is 5.13. The molecular formula is C26H32N4O15. The van der Waals surface area contributed by atoms with Gasteiger partial charge in [0.1, 0.15) is 30.5 Å². The highest BCUT2D eigenvalue weighted by molar-refractivity contribution is 5.83. The molecule has 7 atom stereocenters. The molecular weight excluding hydrogens is 608 g/mol. The van der Waals surface area contributed by atoms with Crippen molar-refractivity contribution >= 4 is 46.8 Å². The van der Waals surface area contributed by atoms with Crippen LogP contribution in [0.3, 0.4) is 0 Å². The van der Waals surface area contributed by atoms with Crippen LogP contribution in [-0.4, -0.2) is 103 Å². The first-order chi connectivity index (χ1) is 21.1. The lowest BCUT2D eigenvalue weighted by Crippen LogP contribution is -2.67. The number of non-ortho nitro benzene ring substituents is 1. The van der Waals surface area contributed by atoms with Crippen LogP contribution < -0.4 is 10.2 Å². The van der Waals surface area contributed by atoms with E-state index in [9.17, 15) is 44.2 Å². The second kappa shape index (κ2) is 14.7. The van der Waals surface area contributed by atoms with Gasteiger partial charge in [-0.3, -0.25) is 39.4 Å². The number of hydrogen-bond donors (Lipinski definition) is 1. The third kappa shape index (κ3) is 8.60. The fraction of sp³-hybridized carbons (Fsp3) is 0.577. The smallest absolute Gasteiger partial charge is 0.328 e. The van der Waals surface area contributed by atoms with Gasteiger partial charge in [0.2, 0.25) is 5.91 Å². The summed E-state index contributed by atoms with van der Waals surface area (Å²) in [6.07, 6.45) is -6.61. The van der Waals surface area contributed by atoms with E-state index in [0.29, 0.717) is 0 Å². The molecule has 0 bridgehead atoms. The highest BCUT2D eigenvalue weighted by Gasteiger charge is 2.53. The number of carbonyl (C=O) groups excluding carboxylic acids is 5. The van der Waals surface area contributed by atoms with Crippen molar-refractivity contribution in [3.8, 4) is 0 Å². The molecule has 0 spiro atoms. The average molecular weight is 641 g/mol. The summed E-state index contributed by atoms with van der Waals surface area (Å²) in [5, 5.41) is 25.6. The number of benzene rings is 1. The van der Waals surface area contributed by atoms with Gasteiger partial charge in [-0.15, -0.1) is 0 Å². The standard InChI is InChI=1S/C26H32N4O15/c1-12(31)27-22-24(43-15(4)34)23(42-14(3)33)21(11-41-13(2)32)45-26(22)44-17-9-20(25(35)40-5)28(10-17)18-7-6-16(29(36)37)8-19(18)30(38)39/h6-8,17,20-24,26H,9-11H2,1-5H3,(H,27,31). The van der Waals surface area contributed by atoms with Crippen molar-refractivity contribution in [2.45, 2.75) is 76.9 Å². The van der Waals surface area contributed by atoms with Gasteiger partial charge in [-0.05, 0) is 6.07 Å². The van der Waals surface area contributed by atoms with Gasteiger partial charge in [0.05, 0.1) is 29.1 Å². The Morgan fingerprint density at radius 1 is 0.978 bits per heavy atom. The van der Waals surface area contributed by atoms with Gasteiger partial charge in [0.25, 0.3) is 11.4 Å². The summed E-state index contributed by atoms with van der Waals surface area (Å²) in [5.74, 6) is -3.73. The molecule has 19 heteroatoms. The van der Waals surface area contributed by atoms with Crippen LogP contribution in [0.25, 0.3) is 0 Å². The average Bonchev–Trinajstić information content (AvgIpc) is 3.37. The third-order valence-electron chi connectivity index (χ3n) is 6.81. The lowest BCUT2D eigenvalue weighted by Gasteiger charge is -2.45. The second-order valence-electron chi connectivity index (χ2n) is 10.1. The molecule has 0 aliphatic carbocycles. The Kier molecular flexibility index (Phi) is 11.3. The van der Waals surface area contributed by atoms with E-state index in [1.165, 1.54) is 4.90 Å². The lowest BCUT2D eigenvalue weighted by atomic mass is 9.96. The Hall–Kier alpha value is -4.91. The molecule has 0 aromatic heterocycles. The van der Waals surface area contributed by atoms with Crippen LogP contribution in [0.15, 0.2) is 18.2 Å². The maximum atomic E-state index is 12.8. The third-order valence-corrected chi connectivity index (χ3v) is 6.81. The molecule has 0 radical (unpaired) electrons. The highest BCUT2D eigenvalue weighted by Crippen LogP contribution is 2.38. The fourth-order valence-electron chi connectivity index (χ4n) is 5.13. The number of rotatable bonds is 11. The molecule has 246 valence electrons. The number of amides is 1. The largest absolute Gasteiger partial charge is 0.467 e. The van der Waals surface area contributed by atoms with Gasteiger partial charge in [-0.25, -0.2) is 4.79 Å². The van der Waals surface area contributed by atoms with E-state index >= 15 is 0 Å². The number of nitro groups is 2. The highest BCUT2D eigenvalue weighted by atomic mass is 16.7. The molecule has 3 rings (SSSR count). The van der Waals surface area contributed by atoms with Crippen LogP contribution in [-0.2, 0) is 52.4 Å². The SMILES string of the molecule is COC(=O)C1CC(OC2OC(COC(C)=O)C(OC(C)=O)C(OC(C)=O)C2NC(C)=O)CN1c1ccc([N+](=O)[O-])cc1[N+](=O)[O-]. The summed E-state index contributed by atoms with van der Waals surface area (Å²) in [5.41, 5.74) is -1.32. The van der Waals surface area contributed by atoms with Gasteiger partial charge in [0.15, 0.2) is 18.5 Å². The normalized spacial score (nSPS) is 25.9. The monoisotopic (exact) mass is 640 g/mol. The van der Waals surface area contributed by atoms with Gasteiger partial charge < -0.3 is 38.6 Å². The van der Waals surface area contributed by atoms with Crippen LogP contribution in [0.4, 0.5) is 17.1 Å². The summed E-state index contributed by atoms with van der Waals surface area (Å²) in [6, 6.07) is 0.469. The Morgan fingerprint density at radius 3 is 2.16 bits per heavy atom. The molecule has 7 unspecified atom stereocenters. The number of nitro benzene ring substituents is 2. The number of hydrogen-bond acceptors (Lipinski definition) is 16. The second-order valence-corrected chi connectivity index (χ2v) is 10.1. The van der Waals surface area contributed by atoms with E-state index in [2.05, 4.69) is 5.32 Å². The molecule has 19 nitrogen and oxygen atoms in total. The first kappa shape index (κ1) is 34.6. The van der Waals surface area contributed by atoms with Gasteiger partial charge in [-0.1, -0.05) is 0 Å². The van der Waals surface area contributed by atoms with E-state index in [4.69, 9.17) is 28.4 Å². The molecule has 2 fully saturated rings. The number of carbonyl (C=O) groups is 5. The quantitative estimate of drug-likeness (QED) is 0.148. The van der Waals surface area contributed by atoms with E-state index in [-0.39, 0.29) is 18.7 Å². The topological polar surface area (TPSA) is 242 Å². The van der Waals surface area contributed by atoms with Crippen molar-refractivity contribution < 1.29 is 62.2 Å². The molecule has 2 heterocycles. The van der Waals surface area contributed by atoms with E-state index in [0.717, 1.165) is 53.0 Å². The summed E-state index contributed by atoms with van der Waals surface area (Å²) in [6.45, 7) is 3.76. The van der Waals surface area contributed by atoms with E-state index in [1.54, 1.807) is 0 Å². The molecule has 1 N–H and O–H groups in total. The number of esters is 4.